The Balaban J connectivity index is 1.60. The lowest BCUT2D eigenvalue weighted by Crippen LogP contribution is -2.34. The van der Waals surface area contributed by atoms with Crippen LogP contribution in [0.4, 0.5) is 0 Å². The third-order valence-electron chi connectivity index (χ3n) is 8.83. The Hall–Kier alpha value is -3.62. The standard InChI is InChI=1S/C41H55NO6S/c1-31-25-27-36(28-26-31)41(35-19-11-10-12-20-35,37-21-17-18-32(2)30-37)46-29-16-9-8-14-23-39(48-34(4)44)38(47-33(3)43)22-13-6-5-7-15-24-40(45)42-49/h10-12,17-21,25-28,30,38-39,49H,5-9,13-16,22-24,29H2,1-4H3,(H,42,45). The fourth-order valence-corrected chi connectivity index (χ4v) is 6.50. The number of carbonyl (C=O) groups is 3. The number of amides is 1. The van der Waals surface area contributed by atoms with E-state index in [0.717, 1.165) is 74.5 Å². The number of hydrogen-bond donors (Lipinski definition) is 2. The highest BCUT2D eigenvalue weighted by Gasteiger charge is 2.37. The molecular weight excluding hydrogens is 635 g/mol. The molecule has 7 nitrogen and oxygen atoms in total. The van der Waals surface area contributed by atoms with Gasteiger partial charge in [-0.2, -0.15) is 0 Å². The third kappa shape index (κ3) is 13.3. The van der Waals surface area contributed by atoms with Gasteiger partial charge in [-0.15, -0.1) is 0 Å². The van der Waals surface area contributed by atoms with Crippen molar-refractivity contribution in [2.24, 2.45) is 0 Å². The fourth-order valence-electron chi connectivity index (χ4n) is 6.39. The minimum atomic E-state index is -0.750. The van der Waals surface area contributed by atoms with Crippen molar-refractivity contribution in [3.8, 4) is 0 Å². The van der Waals surface area contributed by atoms with Gasteiger partial charge < -0.3 is 18.9 Å². The van der Waals surface area contributed by atoms with Gasteiger partial charge in [-0.1, -0.05) is 135 Å². The molecule has 0 aliphatic rings. The van der Waals surface area contributed by atoms with Crippen LogP contribution in [0.5, 0.6) is 0 Å². The summed E-state index contributed by atoms with van der Waals surface area (Å²) >= 11 is 3.78. The number of carbonyl (C=O) groups excluding carboxylic acids is 3. The Morgan fingerprint density at radius 1 is 0.633 bits per heavy atom. The minimum Gasteiger partial charge on any atom is -0.459 e. The van der Waals surface area contributed by atoms with Crippen LogP contribution < -0.4 is 4.72 Å². The number of nitrogens with one attached hydrogen (secondary N) is 1. The highest BCUT2D eigenvalue weighted by molar-refractivity contribution is 7.78. The number of unbranched alkanes of at least 4 members (excludes halogenated alkanes) is 7. The van der Waals surface area contributed by atoms with Crippen LogP contribution in [-0.2, 0) is 34.2 Å². The van der Waals surface area contributed by atoms with Crippen LogP contribution in [0.15, 0.2) is 78.9 Å². The van der Waals surface area contributed by atoms with Gasteiger partial charge in [0, 0.05) is 26.9 Å². The van der Waals surface area contributed by atoms with E-state index in [1.165, 1.54) is 25.0 Å². The molecule has 8 heteroatoms. The van der Waals surface area contributed by atoms with Crippen molar-refractivity contribution in [2.45, 2.75) is 123 Å². The Kier molecular flexibility index (Phi) is 17.4. The Morgan fingerprint density at radius 2 is 1.16 bits per heavy atom. The lowest BCUT2D eigenvalue weighted by molar-refractivity contribution is -0.166. The highest BCUT2D eigenvalue weighted by atomic mass is 32.1. The van der Waals surface area contributed by atoms with E-state index in [1.807, 2.05) is 6.07 Å². The van der Waals surface area contributed by atoms with Gasteiger partial charge in [-0.25, -0.2) is 0 Å². The second-order valence-electron chi connectivity index (χ2n) is 13.0. The topological polar surface area (TPSA) is 90.9 Å². The molecule has 3 aromatic carbocycles. The van der Waals surface area contributed by atoms with Gasteiger partial charge in [0.1, 0.15) is 17.8 Å². The second-order valence-corrected chi connectivity index (χ2v) is 13.2. The molecule has 0 spiro atoms. The molecule has 266 valence electrons. The molecule has 0 aliphatic carbocycles. The summed E-state index contributed by atoms with van der Waals surface area (Å²) in [5.41, 5.74) is 4.91. The molecule has 0 bridgehead atoms. The summed E-state index contributed by atoms with van der Waals surface area (Å²) in [4.78, 5) is 35.3. The first kappa shape index (κ1) is 39.8. The number of esters is 2. The summed E-state index contributed by atoms with van der Waals surface area (Å²) in [6, 6.07) is 27.6. The SMILES string of the molecule is CC(=O)OC(CCCCCCCC(=O)NS)C(CCCCCCOC(c1ccccc1)(c1ccc(C)cc1)c1cccc(C)c1)OC(C)=O. The van der Waals surface area contributed by atoms with E-state index in [-0.39, 0.29) is 17.8 Å². The zero-order chi connectivity index (χ0) is 35.5. The molecule has 0 aliphatic heterocycles. The first-order valence-corrected chi connectivity index (χ1v) is 18.2. The van der Waals surface area contributed by atoms with Gasteiger partial charge in [-0.3, -0.25) is 14.4 Å². The minimum absolute atomic E-state index is 0.0696. The van der Waals surface area contributed by atoms with Crippen LogP contribution in [0.25, 0.3) is 0 Å². The van der Waals surface area contributed by atoms with E-state index in [1.54, 1.807) is 0 Å². The average Bonchev–Trinajstić information content (AvgIpc) is 3.08. The average molecular weight is 690 g/mol. The van der Waals surface area contributed by atoms with Crippen molar-refractivity contribution >= 4 is 30.7 Å². The summed E-state index contributed by atoms with van der Waals surface area (Å²) in [6.07, 6.45) is 8.87. The summed E-state index contributed by atoms with van der Waals surface area (Å²) in [5, 5.41) is 0. The summed E-state index contributed by atoms with van der Waals surface area (Å²) < 4.78 is 20.7. The molecular formula is C41H55NO6S. The number of hydrogen-bond acceptors (Lipinski definition) is 7. The van der Waals surface area contributed by atoms with Gasteiger partial charge in [0.15, 0.2) is 0 Å². The lowest BCUT2D eigenvalue weighted by atomic mass is 9.79. The zero-order valence-electron chi connectivity index (χ0n) is 29.7. The van der Waals surface area contributed by atoms with Gasteiger partial charge in [0.05, 0.1) is 0 Å². The van der Waals surface area contributed by atoms with Crippen LogP contribution in [-0.4, -0.2) is 36.7 Å². The fraction of sp³-hybridized carbons (Fsp3) is 0.488. The molecule has 3 atom stereocenters. The molecule has 3 rings (SSSR count). The first-order valence-electron chi connectivity index (χ1n) is 17.8. The van der Waals surface area contributed by atoms with Gasteiger partial charge in [-0.05, 0) is 69.1 Å². The molecule has 0 radical (unpaired) electrons. The Bertz CT molecular complexity index is 1430. The number of ether oxygens (including phenoxy) is 3. The van der Waals surface area contributed by atoms with Crippen LogP contribution in [0.1, 0.15) is 119 Å². The first-order chi connectivity index (χ1) is 23.6. The maximum absolute atomic E-state index is 12.0. The van der Waals surface area contributed by atoms with Crippen molar-refractivity contribution in [1.82, 2.24) is 4.72 Å². The molecule has 3 aromatic rings. The number of thiol groups is 1. The summed E-state index contributed by atoms with van der Waals surface area (Å²) in [6.45, 7) is 7.57. The monoisotopic (exact) mass is 689 g/mol. The number of benzene rings is 3. The van der Waals surface area contributed by atoms with E-state index in [9.17, 15) is 14.4 Å². The van der Waals surface area contributed by atoms with Crippen molar-refractivity contribution in [3.05, 3.63) is 107 Å². The predicted molar refractivity (Wildman–Crippen MR) is 198 cm³/mol. The maximum Gasteiger partial charge on any atom is 0.303 e. The summed E-state index contributed by atoms with van der Waals surface area (Å²) in [5.74, 6) is -0.816. The Morgan fingerprint density at radius 3 is 1.73 bits per heavy atom. The number of rotatable bonds is 22. The van der Waals surface area contributed by atoms with Crippen LogP contribution in [0, 0.1) is 13.8 Å². The van der Waals surface area contributed by atoms with Crippen molar-refractivity contribution in [3.63, 3.8) is 0 Å². The van der Waals surface area contributed by atoms with E-state index in [4.69, 9.17) is 14.2 Å². The smallest absolute Gasteiger partial charge is 0.303 e. The summed E-state index contributed by atoms with van der Waals surface area (Å²) in [7, 11) is 0. The molecule has 0 aromatic heterocycles. The number of aryl methyl sites for hydroxylation is 2. The highest BCUT2D eigenvalue weighted by Crippen LogP contribution is 2.41. The maximum atomic E-state index is 12.0. The van der Waals surface area contributed by atoms with Gasteiger partial charge >= 0.3 is 11.9 Å². The molecule has 1 amide bonds. The van der Waals surface area contributed by atoms with E-state index < -0.39 is 17.8 Å². The van der Waals surface area contributed by atoms with E-state index in [2.05, 4.69) is 104 Å². The van der Waals surface area contributed by atoms with E-state index >= 15 is 0 Å². The molecule has 49 heavy (non-hydrogen) atoms. The zero-order valence-corrected chi connectivity index (χ0v) is 30.6. The second kappa shape index (κ2) is 21.5. The normalized spacial score (nSPS) is 13.6. The van der Waals surface area contributed by atoms with Crippen LogP contribution in [0.3, 0.4) is 0 Å². The molecule has 3 unspecified atom stereocenters. The van der Waals surface area contributed by atoms with Crippen LogP contribution >= 0.6 is 12.8 Å². The molecule has 0 fully saturated rings. The van der Waals surface area contributed by atoms with Gasteiger partial charge in [0.25, 0.3) is 0 Å². The van der Waals surface area contributed by atoms with Crippen molar-refractivity contribution < 1.29 is 28.6 Å². The van der Waals surface area contributed by atoms with Crippen LogP contribution in [0.2, 0.25) is 0 Å². The molecule has 0 saturated carbocycles. The van der Waals surface area contributed by atoms with Crippen molar-refractivity contribution in [1.29, 1.82) is 0 Å². The quantitative estimate of drug-likeness (QED) is 0.0473. The molecule has 1 N–H and O–H groups in total. The third-order valence-corrected chi connectivity index (χ3v) is 9.08. The van der Waals surface area contributed by atoms with E-state index in [0.29, 0.717) is 25.9 Å². The van der Waals surface area contributed by atoms with Crippen molar-refractivity contribution in [2.75, 3.05) is 6.61 Å². The molecule has 0 heterocycles. The Labute approximate surface area is 299 Å². The lowest BCUT2D eigenvalue weighted by Gasteiger charge is -2.36. The van der Waals surface area contributed by atoms with Gasteiger partial charge in [0.2, 0.25) is 5.91 Å². The largest absolute Gasteiger partial charge is 0.459 e. The predicted octanol–water partition coefficient (Wildman–Crippen LogP) is 9.12. The molecule has 0 saturated heterocycles.